The van der Waals surface area contributed by atoms with Crippen molar-refractivity contribution in [2.24, 2.45) is 26.9 Å². The Bertz CT molecular complexity index is 1750. The SMILES string of the molecule is Cn1cc(NC(=O)c2cc(NC(=O)c3cc(NC(=O)Cc4ccc(NCCCl)cc4)cn3C)cn2C)cc1C(=O)NCCC(=N)N. The molecular formula is C31H37ClN10O4. The molecule has 1 aromatic carbocycles. The first-order valence-electron chi connectivity index (χ1n) is 14.3. The molecule has 8 N–H and O–H groups in total. The summed E-state index contributed by atoms with van der Waals surface area (Å²) < 4.78 is 4.74. The van der Waals surface area contributed by atoms with Gasteiger partial charge in [0.2, 0.25) is 5.91 Å². The Morgan fingerprint density at radius 3 is 1.67 bits per heavy atom. The van der Waals surface area contributed by atoms with E-state index in [4.69, 9.17) is 22.7 Å². The average Bonchev–Trinajstić information content (AvgIpc) is 3.67. The van der Waals surface area contributed by atoms with Gasteiger partial charge in [-0.3, -0.25) is 24.6 Å². The predicted octanol–water partition coefficient (Wildman–Crippen LogP) is 3.09. The molecule has 0 unspecified atom stereocenters. The molecule has 46 heavy (non-hydrogen) atoms. The second-order valence-corrected chi connectivity index (χ2v) is 11.0. The van der Waals surface area contributed by atoms with Gasteiger partial charge in [0.05, 0.1) is 29.3 Å². The van der Waals surface area contributed by atoms with Gasteiger partial charge in [0.25, 0.3) is 17.7 Å². The quantitative estimate of drug-likeness (QED) is 0.0624. The maximum Gasteiger partial charge on any atom is 0.272 e. The first kappa shape index (κ1) is 33.4. The van der Waals surface area contributed by atoms with Crippen molar-refractivity contribution in [1.82, 2.24) is 19.0 Å². The molecule has 0 aliphatic heterocycles. The summed E-state index contributed by atoms with van der Waals surface area (Å²) in [5.41, 5.74) is 9.26. The van der Waals surface area contributed by atoms with E-state index in [9.17, 15) is 19.2 Å². The fourth-order valence-electron chi connectivity index (χ4n) is 4.69. The second-order valence-electron chi connectivity index (χ2n) is 10.7. The summed E-state index contributed by atoms with van der Waals surface area (Å²) in [6.45, 7) is 0.872. The molecule has 0 aliphatic carbocycles. The topological polar surface area (TPSA) is 193 Å². The first-order valence-corrected chi connectivity index (χ1v) is 14.9. The van der Waals surface area contributed by atoms with E-state index in [2.05, 4.69) is 26.6 Å². The van der Waals surface area contributed by atoms with E-state index in [1.807, 2.05) is 24.3 Å². The Kier molecular flexibility index (Phi) is 10.9. The fourth-order valence-corrected chi connectivity index (χ4v) is 4.78. The Morgan fingerprint density at radius 1 is 0.717 bits per heavy atom. The monoisotopic (exact) mass is 648 g/mol. The van der Waals surface area contributed by atoms with Crippen molar-refractivity contribution in [3.8, 4) is 0 Å². The van der Waals surface area contributed by atoms with Crippen LogP contribution in [0.3, 0.4) is 0 Å². The fraction of sp³-hybridized carbons (Fsp3) is 0.258. The lowest BCUT2D eigenvalue weighted by atomic mass is 10.1. The van der Waals surface area contributed by atoms with Crippen molar-refractivity contribution in [3.05, 3.63) is 83.7 Å². The predicted molar refractivity (Wildman–Crippen MR) is 179 cm³/mol. The summed E-state index contributed by atoms with van der Waals surface area (Å²) in [6.07, 6.45) is 5.26. The van der Waals surface area contributed by atoms with Gasteiger partial charge in [0, 0.05) is 70.8 Å². The van der Waals surface area contributed by atoms with E-state index in [1.165, 1.54) is 12.1 Å². The summed E-state index contributed by atoms with van der Waals surface area (Å²) in [6, 6.07) is 12.2. The number of hydrogen-bond donors (Lipinski definition) is 7. The molecule has 3 heterocycles. The van der Waals surface area contributed by atoms with Gasteiger partial charge in [-0.15, -0.1) is 11.6 Å². The third-order valence-corrected chi connectivity index (χ3v) is 7.12. The maximum absolute atomic E-state index is 13.1. The minimum atomic E-state index is -0.442. The minimum Gasteiger partial charge on any atom is -0.388 e. The molecular weight excluding hydrogens is 612 g/mol. The lowest BCUT2D eigenvalue weighted by Crippen LogP contribution is -2.28. The van der Waals surface area contributed by atoms with Crippen molar-refractivity contribution in [2.45, 2.75) is 12.8 Å². The molecule has 0 saturated carbocycles. The molecule has 4 rings (SSSR count). The number of nitrogens with one attached hydrogen (secondary N) is 6. The number of anilines is 4. The summed E-state index contributed by atoms with van der Waals surface area (Å²) in [5, 5.41) is 21.5. The molecule has 0 radical (unpaired) electrons. The number of nitrogens with two attached hydrogens (primary N) is 1. The molecule has 0 saturated heterocycles. The third kappa shape index (κ3) is 8.79. The van der Waals surface area contributed by atoms with Crippen molar-refractivity contribution in [3.63, 3.8) is 0 Å². The van der Waals surface area contributed by atoms with E-state index in [-0.39, 0.29) is 42.7 Å². The van der Waals surface area contributed by atoms with Gasteiger partial charge in [-0.1, -0.05) is 12.1 Å². The first-order chi connectivity index (χ1) is 21.9. The number of hydrogen-bond acceptors (Lipinski definition) is 6. The lowest BCUT2D eigenvalue weighted by molar-refractivity contribution is -0.115. The average molecular weight is 649 g/mol. The summed E-state index contributed by atoms with van der Waals surface area (Å²) in [7, 11) is 5.04. The van der Waals surface area contributed by atoms with Gasteiger partial charge in [-0.05, 0) is 35.9 Å². The molecule has 4 amide bonds. The van der Waals surface area contributed by atoms with Crippen LogP contribution < -0.4 is 32.3 Å². The maximum atomic E-state index is 13.1. The van der Waals surface area contributed by atoms with Crippen LogP contribution in [0.5, 0.6) is 0 Å². The van der Waals surface area contributed by atoms with Crippen molar-refractivity contribution < 1.29 is 19.2 Å². The Morgan fingerprint density at radius 2 is 1.20 bits per heavy atom. The van der Waals surface area contributed by atoms with Crippen LogP contribution in [-0.2, 0) is 32.4 Å². The number of rotatable bonds is 14. The van der Waals surface area contributed by atoms with Gasteiger partial charge in [-0.2, -0.15) is 0 Å². The molecule has 0 atom stereocenters. The van der Waals surface area contributed by atoms with Gasteiger partial charge >= 0.3 is 0 Å². The number of aromatic nitrogens is 3. The van der Waals surface area contributed by atoms with Crippen LogP contribution >= 0.6 is 11.6 Å². The van der Waals surface area contributed by atoms with Crippen LogP contribution in [0, 0.1) is 5.41 Å². The number of aryl methyl sites for hydroxylation is 3. The zero-order valence-electron chi connectivity index (χ0n) is 25.7. The van der Waals surface area contributed by atoms with E-state index < -0.39 is 11.8 Å². The highest BCUT2D eigenvalue weighted by Crippen LogP contribution is 2.20. The lowest BCUT2D eigenvalue weighted by Gasteiger charge is -2.06. The van der Waals surface area contributed by atoms with E-state index in [0.29, 0.717) is 40.9 Å². The zero-order valence-corrected chi connectivity index (χ0v) is 26.5. The highest BCUT2D eigenvalue weighted by molar-refractivity contribution is 6.18. The second kappa shape index (κ2) is 15.0. The van der Waals surface area contributed by atoms with Crippen LogP contribution in [0.4, 0.5) is 22.7 Å². The van der Waals surface area contributed by atoms with Crippen molar-refractivity contribution >= 4 is 63.8 Å². The number of amidine groups is 1. The van der Waals surface area contributed by atoms with Gasteiger partial charge < -0.3 is 46.0 Å². The molecule has 0 fully saturated rings. The van der Waals surface area contributed by atoms with E-state index >= 15 is 0 Å². The Balaban J connectivity index is 1.33. The molecule has 0 bridgehead atoms. The highest BCUT2D eigenvalue weighted by Gasteiger charge is 2.19. The molecule has 3 aromatic heterocycles. The number of nitrogens with zero attached hydrogens (tertiary/aromatic N) is 3. The van der Waals surface area contributed by atoms with Gasteiger partial charge in [0.15, 0.2) is 0 Å². The largest absolute Gasteiger partial charge is 0.388 e. The Hall–Kier alpha value is -5.50. The standard InChI is InChI=1S/C31H37ClN10O4/c1-40-17-22(14-24(40)29(44)36-10-8-27(33)34)38-31(46)26-15-23(18-42(26)3)39-30(45)25-13-21(16-41(25)2)37-28(43)12-19-4-6-20(7-5-19)35-11-9-32/h4-7,13-18,35H,8-12H2,1-3H3,(H3,33,34)(H,36,44)(H,37,43)(H,38,46)(H,39,45). The number of alkyl halides is 1. The van der Waals surface area contributed by atoms with Crippen molar-refractivity contribution in [2.75, 3.05) is 40.2 Å². The van der Waals surface area contributed by atoms with Crippen LogP contribution in [0.25, 0.3) is 0 Å². The number of carbonyl (C=O) groups excluding carboxylic acids is 4. The molecule has 0 aliphatic rings. The van der Waals surface area contributed by atoms with Crippen LogP contribution in [0.2, 0.25) is 0 Å². The molecule has 15 heteroatoms. The normalized spacial score (nSPS) is 10.7. The van der Waals surface area contributed by atoms with Crippen LogP contribution in [-0.4, -0.2) is 62.1 Å². The van der Waals surface area contributed by atoms with Crippen LogP contribution in [0.15, 0.2) is 61.1 Å². The zero-order chi connectivity index (χ0) is 33.4. The highest BCUT2D eigenvalue weighted by atomic mass is 35.5. The Labute approximate surface area is 270 Å². The van der Waals surface area contributed by atoms with Gasteiger partial charge in [-0.25, -0.2) is 0 Å². The minimum absolute atomic E-state index is 0.0266. The molecule has 0 spiro atoms. The van der Waals surface area contributed by atoms with Gasteiger partial charge in [0.1, 0.15) is 17.1 Å². The van der Waals surface area contributed by atoms with Crippen molar-refractivity contribution in [1.29, 1.82) is 5.41 Å². The summed E-state index contributed by atoms with van der Waals surface area (Å²) in [5.74, 6) is -0.988. The number of halogens is 1. The smallest absolute Gasteiger partial charge is 0.272 e. The van der Waals surface area contributed by atoms with E-state index in [0.717, 1.165) is 11.3 Å². The summed E-state index contributed by atoms with van der Waals surface area (Å²) >= 11 is 5.70. The molecule has 4 aromatic rings. The third-order valence-electron chi connectivity index (χ3n) is 6.93. The van der Waals surface area contributed by atoms with E-state index in [1.54, 1.807) is 59.5 Å². The number of carbonyl (C=O) groups is 4. The number of amides is 4. The summed E-state index contributed by atoms with van der Waals surface area (Å²) in [4.78, 5) is 51.2. The van der Waals surface area contributed by atoms with Crippen LogP contribution in [0.1, 0.15) is 43.4 Å². The molecule has 242 valence electrons. The number of benzene rings is 1. The molecule has 14 nitrogen and oxygen atoms in total.